The molecule has 18 heavy (non-hydrogen) atoms. The van der Waals surface area contributed by atoms with Gasteiger partial charge in [0.1, 0.15) is 5.03 Å². The van der Waals surface area contributed by atoms with Crippen LogP contribution in [-0.4, -0.2) is 26.5 Å². The lowest BCUT2D eigenvalue weighted by molar-refractivity contribution is 0.307. The van der Waals surface area contributed by atoms with E-state index in [1.165, 1.54) is 11.8 Å². The summed E-state index contributed by atoms with van der Waals surface area (Å²) >= 11 is 13.0. The Kier molecular flexibility index (Phi) is 4.57. The molecular weight excluding hydrogens is 295 g/mol. The van der Waals surface area contributed by atoms with E-state index >= 15 is 0 Å². The molecule has 0 fully saturated rings. The van der Waals surface area contributed by atoms with E-state index in [1.54, 1.807) is 18.3 Å². The summed E-state index contributed by atoms with van der Waals surface area (Å²) in [6, 6.07) is 3.67. The van der Waals surface area contributed by atoms with Crippen molar-refractivity contribution in [2.45, 2.75) is 17.1 Å². The van der Waals surface area contributed by atoms with Crippen molar-refractivity contribution in [3.05, 3.63) is 28.6 Å². The zero-order valence-electron chi connectivity index (χ0n) is 9.30. The summed E-state index contributed by atoms with van der Waals surface area (Å²) in [5.74, 6) is 0. The van der Waals surface area contributed by atoms with E-state index in [-0.39, 0.29) is 11.3 Å². The molecule has 0 aliphatic heterocycles. The highest BCUT2D eigenvalue weighted by atomic mass is 35.5. The van der Waals surface area contributed by atoms with Crippen LogP contribution in [-0.2, 0) is 0 Å². The third-order valence-corrected chi connectivity index (χ3v) is 3.22. The van der Waals surface area contributed by atoms with Crippen LogP contribution >= 0.6 is 35.0 Å². The molecule has 0 aliphatic rings. The molecule has 8 heteroatoms. The molecule has 2 aromatic heterocycles. The van der Waals surface area contributed by atoms with Crippen LogP contribution in [0.4, 0.5) is 0 Å². The molecule has 0 unspecified atom stereocenters. The highest BCUT2D eigenvalue weighted by Crippen LogP contribution is 2.29. The van der Waals surface area contributed by atoms with Gasteiger partial charge in [0.15, 0.2) is 0 Å². The predicted molar refractivity (Wildman–Crippen MR) is 69.4 cm³/mol. The summed E-state index contributed by atoms with van der Waals surface area (Å²) in [6.07, 6.45) is 1.64. The SMILES string of the molecule is CCOc1nc(Cl)nc(Sc2ncccc2Cl)n1. The molecular formula is C10H8Cl2N4OS. The van der Waals surface area contributed by atoms with Crippen molar-refractivity contribution in [2.24, 2.45) is 0 Å². The van der Waals surface area contributed by atoms with Gasteiger partial charge in [-0.3, -0.25) is 0 Å². The predicted octanol–water partition coefficient (Wildman–Crippen LogP) is 3.12. The number of hydrogen-bond acceptors (Lipinski definition) is 6. The number of aromatic nitrogens is 4. The molecule has 0 radical (unpaired) electrons. The molecule has 0 aromatic carbocycles. The quantitative estimate of drug-likeness (QED) is 0.865. The summed E-state index contributed by atoms with van der Waals surface area (Å²) in [5.41, 5.74) is 0. The first-order valence-corrected chi connectivity index (χ1v) is 6.59. The standard InChI is InChI=1S/C10H8Cl2N4OS/c1-2-17-9-14-8(12)15-10(16-9)18-7-6(11)4-3-5-13-7/h3-5H,2H2,1H3. The van der Waals surface area contributed by atoms with Crippen LogP contribution in [0.5, 0.6) is 6.01 Å². The Morgan fingerprint density at radius 3 is 2.83 bits per heavy atom. The van der Waals surface area contributed by atoms with Crippen molar-refractivity contribution in [2.75, 3.05) is 6.61 Å². The molecule has 0 saturated heterocycles. The van der Waals surface area contributed by atoms with Crippen molar-refractivity contribution in [3.63, 3.8) is 0 Å². The Labute approximate surface area is 118 Å². The monoisotopic (exact) mass is 302 g/mol. The molecule has 5 nitrogen and oxygen atoms in total. The Hall–Kier alpha value is -1.11. The largest absolute Gasteiger partial charge is 0.464 e. The van der Waals surface area contributed by atoms with Gasteiger partial charge in [0.25, 0.3) is 0 Å². The lowest BCUT2D eigenvalue weighted by atomic mass is 10.5. The average molecular weight is 303 g/mol. The van der Waals surface area contributed by atoms with Gasteiger partial charge >= 0.3 is 6.01 Å². The maximum Gasteiger partial charge on any atom is 0.321 e. The fourth-order valence-corrected chi connectivity index (χ4v) is 2.23. The van der Waals surface area contributed by atoms with Crippen molar-refractivity contribution in [3.8, 4) is 6.01 Å². The van der Waals surface area contributed by atoms with Gasteiger partial charge in [-0.05, 0) is 42.4 Å². The molecule has 0 aliphatic carbocycles. The molecule has 0 saturated carbocycles. The first kappa shape index (κ1) is 13.3. The zero-order chi connectivity index (χ0) is 13.0. The van der Waals surface area contributed by atoms with Crippen LogP contribution in [0.1, 0.15) is 6.92 Å². The Bertz CT molecular complexity index is 555. The smallest absolute Gasteiger partial charge is 0.321 e. The molecule has 0 spiro atoms. The second-order valence-corrected chi connectivity index (χ2v) is 4.70. The molecule has 2 aromatic rings. The van der Waals surface area contributed by atoms with Gasteiger partial charge in [0.2, 0.25) is 10.4 Å². The maximum absolute atomic E-state index is 6.00. The van der Waals surface area contributed by atoms with Gasteiger partial charge < -0.3 is 4.74 Å². The molecule has 2 rings (SSSR count). The van der Waals surface area contributed by atoms with E-state index in [1.807, 2.05) is 6.92 Å². The van der Waals surface area contributed by atoms with E-state index in [0.717, 1.165) is 0 Å². The number of halogens is 2. The van der Waals surface area contributed by atoms with E-state index in [2.05, 4.69) is 19.9 Å². The highest BCUT2D eigenvalue weighted by molar-refractivity contribution is 7.99. The van der Waals surface area contributed by atoms with Gasteiger partial charge in [0.05, 0.1) is 11.6 Å². The Balaban J connectivity index is 2.26. The van der Waals surface area contributed by atoms with Crippen LogP contribution in [0.3, 0.4) is 0 Å². The highest BCUT2D eigenvalue weighted by Gasteiger charge is 2.10. The summed E-state index contributed by atoms with van der Waals surface area (Å²) in [4.78, 5) is 16.0. The first-order valence-electron chi connectivity index (χ1n) is 5.01. The van der Waals surface area contributed by atoms with Crippen molar-refractivity contribution >= 4 is 35.0 Å². The second kappa shape index (κ2) is 6.17. The van der Waals surface area contributed by atoms with Gasteiger partial charge in [-0.2, -0.15) is 15.0 Å². The van der Waals surface area contributed by atoms with Crippen molar-refractivity contribution < 1.29 is 4.74 Å². The average Bonchev–Trinajstić information content (AvgIpc) is 2.32. The zero-order valence-corrected chi connectivity index (χ0v) is 11.6. The van der Waals surface area contributed by atoms with Gasteiger partial charge in [0, 0.05) is 6.20 Å². The summed E-state index contributed by atoms with van der Waals surface area (Å²) in [5, 5.41) is 1.59. The third kappa shape index (κ3) is 3.44. The van der Waals surface area contributed by atoms with Crippen LogP contribution in [0.2, 0.25) is 10.3 Å². The van der Waals surface area contributed by atoms with Crippen molar-refractivity contribution in [1.29, 1.82) is 0 Å². The van der Waals surface area contributed by atoms with E-state index in [0.29, 0.717) is 21.8 Å². The lowest BCUT2D eigenvalue weighted by Gasteiger charge is -2.04. The van der Waals surface area contributed by atoms with Crippen LogP contribution < -0.4 is 4.74 Å². The number of rotatable bonds is 4. The fraction of sp³-hybridized carbons (Fsp3) is 0.200. The summed E-state index contributed by atoms with van der Waals surface area (Å²) < 4.78 is 5.18. The van der Waals surface area contributed by atoms with E-state index in [9.17, 15) is 0 Å². The molecule has 94 valence electrons. The molecule has 0 amide bonds. The summed E-state index contributed by atoms with van der Waals surface area (Å²) in [7, 11) is 0. The minimum atomic E-state index is 0.0722. The van der Waals surface area contributed by atoms with Crippen LogP contribution in [0, 0.1) is 0 Å². The molecule has 0 bridgehead atoms. The van der Waals surface area contributed by atoms with Crippen molar-refractivity contribution in [1.82, 2.24) is 19.9 Å². The first-order chi connectivity index (χ1) is 8.69. The number of pyridine rings is 1. The molecule has 0 atom stereocenters. The van der Waals surface area contributed by atoms with Gasteiger partial charge in [-0.25, -0.2) is 4.98 Å². The maximum atomic E-state index is 6.00. The lowest BCUT2D eigenvalue weighted by Crippen LogP contribution is -2.00. The third-order valence-electron chi connectivity index (χ3n) is 1.75. The number of hydrogen-bond donors (Lipinski definition) is 0. The van der Waals surface area contributed by atoms with Crippen LogP contribution in [0.15, 0.2) is 28.5 Å². The Morgan fingerprint density at radius 2 is 2.11 bits per heavy atom. The number of nitrogens with zero attached hydrogens (tertiary/aromatic N) is 4. The van der Waals surface area contributed by atoms with Gasteiger partial charge in [-0.1, -0.05) is 11.6 Å². The minimum Gasteiger partial charge on any atom is -0.464 e. The minimum absolute atomic E-state index is 0.0722. The van der Waals surface area contributed by atoms with E-state index < -0.39 is 0 Å². The Morgan fingerprint density at radius 1 is 1.28 bits per heavy atom. The fourth-order valence-electron chi connectivity index (χ4n) is 1.09. The summed E-state index contributed by atoms with van der Waals surface area (Å²) in [6.45, 7) is 2.29. The number of ether oxygens (including phenoxy) is 1. The second-order valence-electron chi connectivity index (χ2n) is 3.00. The van der Waals surface area contributed by atoms with Gasteiger partial charge in [-0.15, -0.1) is 0 Å². The normalized spacial score (nSPS) is 10.4. The van der Waals surface area contributed by atoms with E-state index in [4.69, 9.17) is 27.9 Å². The molecule has 2 heterocycles. The molecule has 0 N–H and O–H groups in total. The van der Waals surface area contributed by atoms with Crippen LogP contribution in [0.25, 0.3) is 0 Å². The topological polar surface area (TPSA) is 60.8 Å².